The number of imidazole rings is 1. The van der Waals surface area contributed by atoms with Gasteiger partial charge in [-0.3, -0.25) is 0 Å². The Morgan fingerprint density at radius 1 is 0.797 bits per heavy atom. The molecule has 1 fully saturated rings. The van der Waals surface area contributed by atoms with E-state index in [4.69, 9.17) is 23.5 Å². The standard InChI is InChI=1S/C45H43N6O6PSe/c1-53-36-23-19-33(20-24-36)45(32-15-9-5-10-16-32,34-21-25-37(54-2)26-22-34)55-28-39-38(57-58(3,59)50-35-17-11-6-12-18-35)27-40(56-39)51-30-48-41-42(46-29-47-43(41)51)49-44(52)31-13-7-4-8-14-31/h4-26,29-30,38-40H,27-28H2,1-3H3,(H,50,59)(H,46,47,49,52)/t38-,39+,40+,58?/m0/s1. The number of benzene rings is 5. The van der Waals surface area contributed by atoms with E-state index in [2.05, 4.69) is 59.3 Å². The Bertz CT molecular complexity index is 2500. The van der Waals surface area contributed by atoms with Gasteiger partial charge in [0.1, 0.15) is 0 Å². The maximum absolute atomic E-state index is 13.1. The molecule has 1 amide bonds. The Balaban J connectivity index is 1.16. The molecule has 8 rings (SSSR count). The fourth-order valence-electron chi connectivity index (χ4n) is 7.37. The number of para-hydroxylation sites is 1. The topological polar surface area (TPSA) is 131 Å². The third-order valence-corrected chi connectivity index (χ3v) is 12.7. The van der Waals surface area contributed by atoms with Crippen LogP contribution in [0.2, 0.25) is 0 Å². The third kappa shape index (κ3) is 8.72. The Morgan fingerprint density at radius 2 is 1.37 bits per heavy atom. The molecule has 1 unspecified atom stereocenters. The molecule has 2 N–H and O–H groups in total. The van der Waals surface area contributed by atoms with E-state index in [0.29, 0.717) is 29.0 Å². The van der Waals surface area contributed by atoms with Gasteiger partial charge in [-0.05, 0) is 12.1 Å². The van der Waals surface area contributed by atoms with E-state index in [-0.39, 0.29) is 12.5 Å². The molecule has 1 saturated heterocycles. The average molecular weight is 874 g/mol. The van der Waals surface area contributed by atoms with E-state index in [1.165, 1.54) is 6.33 Å². The molecule has 0 aliphatic carbocycles. The van der Waals surface area contributed by atoms with Crippen LogP contribution in [0.1, 0.15) is 39.7 Å². The zero-order valence-corrected chi connectivity index (χ0v) is 35.3. The number of carbonyl (C=O) groups excluding carboxylic acids is 1. The van der Waals surface area contributed by atoms with Crippen LogP contribution in [0.15, 0.2) is 152 Å². The fourth-order valence-corrected chi connectivity index (χ4v) is 10.1. The molecule has 12 nitrogen and oxygen atoms in total. The first-order valence-electron chi connectivity index (χ1n) is 19.0. The molecular formula is C45H43N6O6PSe. The van der Waals surface area contributed by atoms with Gasteiger partial charge in [0.25, 0.3) is 0 Å². The van der Waals surface area contributed by atoms with Gasteiger partial charge in [-0.2, -0.15) is 0 Å². The number of carbonyl (C=O) groups is 1. The van der Waals surface area contributed by atoms with Gasteiger partial charge in [0.15, 0.2) is 0 Å². The molecule has 14 heteroatoms. The molecule has 0 saturated carbocycles. The van der Waals surface area contributed by atoms with Crippen LogP contribution in [0.5, 0.6) is 11.5 Å². The number of hydrogen-bond donors (Lipinski definition) is 2. The van der Waals surface area contributed by atoms with Gasteiger partial charge in [0.05, 0.1) is 14.2 Å². The second-order valence-electron chi connectivity index (χ2n) is 14.0. The minimum absolute atomic E-state index is 0.138. The van der Waals surface area contributed by atoms with Crippen molar-refractivity contribution in [2.24, 2.45) is 0 Å². The first kappa shape index (κ1) is 40.1. The number of anilines is 2. The molecule has 4 atom stereocenters. The quantitative estimate of drug-likeness (QED) is 0.0588. The summed E-state index contributed by atoms with van der Waals surface area (Å²) >= 11 is 3.32. The predicted molar refractivity (Wildman–Crippen MR) is 230 cm³/mol. The summed E-state index contributed by atoms with van der Waals surface area (Å²) in [6.07, 6.45) is 1.99. The van der Waals surface area contributed by atoms with E-state index in [1.54, 1.807) is 32.7 Å². The van der Waals surface area contributed by atoms with Gasteiger partial charge < -0.3 is 0 Å². The van der Waals surface area contributed by atoms with Crippen LogP contribution in [0, 0.1) is 0 Å². The third-order valence-electron chi connectivity index (χ3n) is 10.2. The molecule has 1 aliphatic rings. The van der Waals surface area contributed by atoms with Gasteiger partial charge >= 0.3 is 307 Å². The van der Waals surface area contributed by atoms with Crippen LogP contribution in [-0.4, -0.2) is 80.2 Å². The molecule has 0 spiro atoms. The molecule has 300 valence electrons. The zero-order chi connectivity index (χ0) is 40.8. The summed E-state index contributed by atoms with van der Waals surface area (Å²) in [6, 6.07) is 44.9. The second-order valence-corrected chi connectivity index (χ2v) is 20.5. The molecule has 0 radical (unpaired) electrons. The van der Waals surface area contributed by atoms with Crippen molar-refractivity contribution >= 4 is 49.6 Å². The van der Waals surface area contributed by atoms with Gasteiger partial charge in [-0.25, -0.2) is 0 Å². The summed E-state index contributed by atoms with van der Waals surface area (Å²) in [5, 5.41) is 6.49. The van der Waals surface area contributed by atoms with Gasteiger partial charge in [-0.1, -0.05) is 18.2 Å². The minimum atomic E-state index is -2.35. The molecular weight excluding hydrogens is 830 g/mol. The van der Waals surface area contributed by atoms with Crippen molar-refractivity contribution in [2.75, 3.05) is 37.9 Å². The summed E-state index contributed by atoms with van der Waals surface area (Å²) in [4.78, 5) is 26.7. The monoisotopic (exact) mass is 874 g/mol. The van der Waals surface area contributed by atoms with Gasteiger partial charge in [0, 0.05) is 0 Å². The van der Waals surface area contributed by atoms with E-state index >= 15 is 0 Å². The van der Waals surface area contributed by atoms with Crippen LogP contribution in [0.3, 0.4) is 0 Å². The number of methoxy groups -OCH3 is 2. The molecule has 5 aromatic carbocycles. The van der Waals surface area contributed by atoms with E-state index < -0.39 is 29.9 Å². The Kier molecular flexibility index (Phi) is 12.0. The number of nitrogens with zero attached hydrogens (tertiary/aromatic N) is 4. The SMILES string of the molecule is COc1ccc(C(OC[C@H]2O[C@@H](n3cnc4c(NC(=O)c5ccccc5)ncnc43)C[C@@H]2OP(C)(=[Se])Nc2ccccc2)(c2ccccc2)c2ccc(OC)cc2)cc1. The summed E-state index contributed by atoms with van der Waals surface area (Å²) in [7, 11) is 3.30. The average Bonchev–Trinajstić information content (AvgIpc) is 3.89. The number of aromatic nitrogens is 4. The second kappa shape index (κ2) is 17.7. The van der Waals surface area contributed by atoms with Crippen molar-refractivity contribution in [2.45, 2.75) is 30.5 Å². The number of amides is 1. The van der Waals surface area contributed by atoms with Crippen molar-refractivity contribution in [3.8, 4) is 11.5 Å². The Morgan fingerprint density at radius 3 is 1.98 bits per heavy atom. The van der Waals surface area contributed by atoms with Crippen molar-refractivity contribution in [3.63, 3.8) is 0 Å². The van der Waals surface area contributed by atoms with Crippen molar-refractivity contribution in [1.82, 2.24) is 19.5 Å². The van der Waals surface area contributed by atoms with E-state index in [0.717, 1.165) is 33.9 Å². The van der Waals surface area contributed by atoms with E-state index in [9.17, 15) is 4.79 Å². The number of ether oxygens (including phenoxy) is 4. The molecule has 2 aromatic heterocycles. The molecule has 7 aromatic rings. The van der Waals surface area contributed by atoms with Crippen molar-refractivity contribution in [3.05, 3.63) is 174 Å². The number of hydrogen-bond acceptors (Lipinski definition) is 10. The summed E-state index contributed by atoms with van der Waals surface area (Å²) in [5.41, 5.74) is 4.03. The zero-order valence-electron chi connectivity index (χ0n) is 32.7. The van der Waals surface area contributed by atoms with Crippen LogP contribution in [-0.2, 0) is 19.6 Å². The molecule has 0 bridgehead atoms. The summed E-state index contributed by atoms with van der Waals surface area (Å²) < 4.78 is 34.3. The van der Waals surface area contributed by atoms with Gasteiger partial charge in [-0.15, -0.1) is 0 Å². The molecule has 1 aliphatic heterocycles. The molecule has 59 heavy (non-hydrogen) atoms. The van der Waals surface area contributed by atoms with Crippen molar-refractivity contribution < 1.29 is 28.3 Å². The van der Waals surface area contributed by atoms with Crippen LogP contribution in [0.4, 0.5) is 11.5 Å². The fraction of sp³-hybridized carbons (Fsp3) is 0.200. The molecule has 3 heterocycles. The first-order chi connectivity index (χ1) is 28.8. The van der Waals surface area contributed by atoms with E-state index in [1.807, 2.05) is 120 Å². The summed E-state index contributed by atoms with van der Waals surface area (Å²) in [5.74, 6) is -0.888. The van der Waals surface area contributed by atoms with Crippen LogP contribution < -0.4 is 19.9 Å². The van der Waals surface area contributed by atoms with Gasteiger partial charge in [0.2, 0.25) is 0 Å². The normalized spacial score (nSPS) is 17.6. The summed E-state index contributed by atoms with van der Waals surface area (Å²) in [6.45, 7) is 2.19. The van der Waals surface area contributed by atoms with Crippen LogP contribution in [0.25, 0.3) is 11.2 Å². The first-order valence-corrected chi connectivity index (χ1v) is 23.4. The Hall–Kier alpha value is -5.65. The van der Waals surface area contributed by atoms with Crippen LogP contribution >= 0.6 is 5.89 Å². The maximum atomic E-state index is 13.1. The van der Waals surface area contributed by atoms with Crippen molar-refractivity contribution in [1.29, 1.82) is 0 Å². The number of nitrogens with one attached hydrogen (secondary N) is 2. The predicted octanol–water partition coefficient (Wildman–Crippen LogP) is 8.45. The Labute approximate surface area is 350 Å². The number of fused-ring (bicyclic) bond motifs is 1. The number of rotatable bonds is 15.